The van der Waals surface area contributed by atoms with Crippen molar-refractivity contribution in [3.63, 3.8) is 0 Å². The van der Waals surface area contributed by atoms with Crippen LogP contribution in [0, 0.1) is 26.0 Å². The second-order valence-corrected chi connectivity index (χ2v) is 14.8. The number of benzene rings is 4. The Balaban J connectivity index is 0.00000432. The Kier molecular flexibility index (Phi) is 9.30. The summed E-state index contributed by atoms with van der Waals surface area (Å²) in [5, 5.41) is 7.07. The molecule has 0 atom stereocenters. The molecule has 7 heteroatoms. The fourth-order valence-corrected chi connectivity index (χ4v) is 6.48. The molecule has 3 heterocycles. The molecule has 0 N–H and O–H groups in total. The fourth-order valence-electron chi connectivity index (χ4n) is 6.48. The Labute approximate surface area is 309 Å². The minimum atomic E-state index is -0.136. The Morgan fingerprint density at radius 2 is 1.46 bits per heavy atom. The summed E-state index contributed by atoms with van der Waals surface area (Å²) in [6.45, 7) is 17.4. The summed E-state index contributed by atoms with van der Waals surface area (Å²) in [6.07, 6.45) is 1.88. The van der Waals surface area contributed by atoms with Crippen LogP contribution in [0.25, 0.3) is 44.4 Å². The maximum absolute atomic E-state index is 6.65. The Hall–Kier alpha value is -4.67. The van der Waals surface area contributed by atoms with Gasteiger partial charge in [0.2, 0.25) is 0 Å². The van der Waals surface area contributed by atoms with Crippen LogP contribution in [0.5, 0.6) is 17.2 Å². The number of pyridine rings is 1. The molecular weight excluding hydrogens is 800 g/mol. The third kappa shape index (κ3) is 6.49. The van der Waals surface area contributed by atoms with E-state index in [2.05, 4.69) is 139 Å². The SMILES string of the molecule is COc1ccc2c(c1)c1ccc(Oc3[c-]c(-n4nc(C)c(-c5ccccc5)c4C)cc(C(C)(C)C)c3)[c-]c1n2-c1cc(C(C)(C)C)ccn1.[Pt+2]. The van der Waals surface area contributed by atoms with Crippen LogP contribution in [-0.2, 0) is 31.9 Å². The van der Waals surface area contributed by atoms with E-state index in [9.17, 15) is 0 Å². The summed E-state index contributed by atoms with van der Waals surface area (Å²) in [4.78, 5) is 4.83. The maximum Gasteiger partial charge on any atom is 2.00 e. The molecule has 50 heavy (non-hydrogen) atoms. The standard InChI is InChI=1S/C43H42N4O2.Pt/c1-27-41(29-13-11-10-12-14-29)28(2)47(45-27)32-21-31(43(6,7)8)22-35(24-32)49-34-15-17-36-37-25-33(48-9)16-18-38(37)46(39(36)26-34)40-23-30(19-20-44-40)42(3,4)5;/h10-23,25H,1-9H3;/q-2;+2. The summed E-state index contributed by atoms with van der Waals surface area (Å²) in [5.41, 5.74) is 9.17. The van der Waals surface area contributed by atoms with E-state index in [-0.39, 0.29) is 31.9 Å². The van der Waals surface area contributed by atoms with E-state index in [1.165, 1.54) is 5.56 Å². The van der Waals surface area contributed by atoms with Gasteiger partial charge in [-0.1, -0.05) is 77.4 Å². The van der Waals surface area contributed by atoms with Crippen LogP contribution in [-0.4, -0.2) is 26.4 Å². The molecule has 6 nitrogen and oxygen atoms in total. The summed E-state index contributed by atoms with van der Waals surface area (Å²) in [6, 6.07) is 36.2. The molecule has 0 spiro atoms. The van der Waals surface area contributed by atoms with Gasteiger partial charge in [-0.3, -0.25) is 4.68 Å². The van der Waals surface area contributed by atoms with Crippen LogP contribution in [0.1, 0.15) is 64.1 Å². The predicted molar refractivity (Wildman–Crippen MR) is 199 cm³/mol. The molecule has 0 radical (unpaired) electrons. The van der Waals surface area contributed by atoms with E-state index in [1.807, 2.05) is 29.1 Å². The molecule has 4 aromatic carbocycles. The van der Waals surface area contributed by atoms with Crippen molar-refractivity contribution < 1.29 is 30.5 Å². The Morgan fingerprint density at radius 1 is 0.720 bits per heavy atom. The molecule has 0 saturated carbocycles. The zero-order valence-corrected chi connectivity index (χ0v) is 32.4. The van der Waals surface area contributed by atoms with Crippen LogP contribution in [0.4, 0.5) is 0 Å². The number of hydrogen-bond donors (Lipinski definition) is 0. The molecule has 0 aliphatic rings. The minimum absolute atomic E-state index is 0. The van der Waals surface area contributed by atoms with E-state index in [0.29, 0.717) is 11.5 Å². The fraction of sp³-hybridized carbons (Fsp3) is 0.256. The van der Waals surface area contributed by atoms with Gasteiger partial charge in [-0.25, -0.2) is 4.98 Å². The topological polar surface area (TPSA) is 54.1 Å². The maximum atomic E-state index is 6.65. The summed E-state index contributed by atoms with van der Waals surface area (Å²) < 4.78 is 16.4. The number of fused-ring (bicyclic) bond motifs is 3. The van der Waals surface area contributed by atoms with E-state index < -0.39 is 0 Å². The predicted octanol–water partition coefficient (Wildman–Crippen LogP) is 10.6. The van der Waals surface area contributed by atoms with Gasteiger partial charge in [-0.15, -0.1) is 41.3 Å². The zero-order valence-electron chi connectivity index (χ0n) is 30.1. The second kappa shape index (κ2) is 13.2. The van der Waals surface area contributed by atoms with Crippen LogP contribution in [0.2, 0.25) is 0 Å². The third-order valence-electron chi connectivity index (χ3n) is 9.20. The second-order valence-electron chi connectivity index (χ2n) is 14.8. The van der Waals surface area contributed by atoms with Crippen molar-refractivity contribution in [2.45, 2.75) is 66.2 Å². The number of ether oxygens (including phenoxy) is 2. The largest absolute Gasteiger partial charge is 2.00 e. The molecule has 7 rings (SSSR count). The van der Waals surface area contributed by atoms with Crippen molar-refractivity contribution in [3.05, 3.63) is 126 Å². The monoisotopic (exact) mass is 841 g/mol. The van der Waals surface area contributed by atoms with E-state index >= 15 is 0 Å². The van der Waals surface area contributed by atoms with Crippen molar-refractivity contribution in [1.82, 2.24) is 19.3 Å². The first-order valence-electron chi connectivity index (χ1n) is 16.7. The van der Waals surface area contributed by atoms with Gasteiger partial charge >= 0.3 is 21.1 Å². The van der Waals surface area contributed by atoms with Crippen molar-refractivity contribution in [2.75, 3.05) is 7.11 Å². The van der Waals surface area contributed by atoms with Crippen molar-refractivity contribution in [1.29, 1.82) is 0 Å². The molecule has 0 aliphatic carbocycles. The third-order valence-corrected chi connectivity index (χ3v) is 9.20. The molecule has 0 unspecified atom stereocenters. The molecule has 0 saturated heterocycles. The molecule has 7 aromatic rings. The van der Waals surface area contributed by atoms with Gasteiger partial charge < -0.3 is 14.0 Å². The normalized spacial score (nSPS) is 11.9. The zero-order chi connectivity index (χ0) is 34.7. The number of aromatic nitrogens is 4. The number of aryl methyl sites for hydroxylation is 1. The quantitative estimate of drug-likeness (QED) is 0.157. The van der Waals surface area contributed by atoms with Crippen molar-refractivity contribution in [2.24, 2.45) is 0 Å². The first-order chi connectivity index (χ1) is 23.3. The van der Waals surface area contributed by atoms with Gasteiger partial charge in [-0.2, -0.15) is 11.2 Å². The smallest absolute Gasteiger partial charge is 0.509 e. The van der Waals surface area contributed by atoms with Crippen LogP contribution >= 0.6 is 0 Å². The van der Waals surface area contributed by atoms with Crippen LogP contribution < -0.4 is 9.47 Å². The van der Waals surface area contributed by atoms with Gasteiger partial charge in [0.05, 0.1) is 12.8 Å². The van der Waals surface area contributed by atoms with Crippen molar-refractivity contribution >= 4 is 21.8 Å². The van der Waals surface area contributed by atoms with Crippen LogP contribution in [0.15, 0.2) is 91.1 Å². The van der Waals surface area contributed by atoms with E-state index in [0.717, 1.165) is 67.1 Å². The summed E-state index contributed by atoms with van der Waals surface area (Å²) >= 11 is 0. The number of methoxy groups -OCH3 is 1. The molecule has 0 amide bonds. The van der Waals surface area contributed by atoms with Gasteiger partial charge in [0.25, 0.3) is 0 Å². The Bertz CT molecular complexity index is 2340. The van der Waals surface area contributed by atoms with Crippen LogP contribution in [0.3, 0.4) is 0 Å². The van der Waals surface area contributed by atoms with E-state index in [1.54, 1.807) is 7.11 Å². The van der Waals surface area contributed by atoms with Crippen molar-refractivity contribution in [3.8, 4) is 39.9 Å². The number of rotatable bonds is 6. The van der Waals surface area contributed by atoms with Gasteiger partial charge in [0.15, 0.2) is 0 Å². The minimum Gasteiger partial charge on any atom is -0.509 e. The molecule has 3 aromatic heterocycles. The summed E-state index contributed by atoms with van der Waals surface area (Å²) in [5.74, 6) is 2.81. The molecule has 0 aliphatic heterocycles. The molecule has 256 valence electrons. The first kappa shape index (κ1) is 35.2. The molecular formula is C43H42N4O2Pt. The summed E-state index contributed by atoms with van der Waals surface area (Å²) in [7, 11) is 1.69. The number of nitrogens with zero attached hydrogens (tertiary/aromatic N) is 4. The average Bonchev–Trinajstić information content (AvgIpc) is 3.56. The number of hydrogen-bond acceptors (Lipinski definition) is 4. The van der Waals surface area contributed by atoms with E-state index in [4.69, 9.17) is 19.6 Å². The molecule has 0 fully saturated rings. The Morgan fingerprint density at radius 3 is 2.16 bits per heavy atom. The van der Waals surface area contributed by atoms with Gasteiger partial charge in [0, 0.05) is 34.5 Å². The molecule has 0 bridgehead atoms. The van der Waals surface area contributed by atoms with Gasteiger partial charge in [0.1, 0.15) is 11.6 Å². The van der Waals surface area contributed by atoms with Gasteiger partial charge in [-0.05, 0) is 77.2 Å². The first-order valence-corrected chi connectivity index (χ1v) is 16.7. The average molecular weight is 842 g/mol.